The molecule has 0 radical (unpaired) electrons. The van der Waals surface area contributed by atoms with E-state index in [2.05, 4.69) is 10.6 Å². The van der Waals surface area contributed by atoms with Gasteiger partial charge in [0.25, 0.3) is 17.7 Å². The lowest BCUT2D eigenvalue weighted by Crippen LogP contribution is -2.33. The van der Waals surface area contributed by atoms with Crippen LogP contribution >= 0.6 is 34.8 Å². The van der Waals surface area contributed by atoms with Gasteiger partial charge in [0, 0.05) is 28.2 Å². The molecule has 3 aromatic carbocycles. The van der Waals surface area contributed by atoms with Crippen LogP contribution in [-0.2, 0) is 22.7 Å². The van der Waals surface area contributed by atoms with Crippen molar-refractivity contribution in [2.75, 3.05) is 12.4 Å². The molecule has 0 saturated heterocycles. The van der Waals surface area contributed by atoms with E-state index in [4.69, 9.17) is 39.5 Å². The van der Waals surface area contributed by atoms with Crippen molar-refractivity contribution in [3.8, 4) is 5.75 Å². The summed E-state index contributed by atoms with van der Waals surface area (Å²) in [6.45, 7) is 2.14. The molecule has 0 spiro atoms. The Bertz CT molecular complexity index is 1400. The van der Waals surface area contributed by atoms with Gasteiger partial charge in [-0.1, -0.05) is 59.1 Å². The number of halogens is 3. The molecule has 0 saturated carbocycles. The molecule has 190 valence electrons. The highest BCUT2D eigenvalue weighted by Gasteiger charge is 2.37. The third-order valence-electron chi connectivity index (χ3n) is 5.78. The monoisotopic (exact) mass is 557 g/mol. The van der Waals surface area contributed by atoms with E-state index in [1.54, 1.807) is 60.7 Å². The summed E-state index contributed by atoms with van der Waals surface area (Å²) in [5.74, 6) is -0.937. The molecule has 3 amide bonds. The van der Waals surface area contributed by atoms with Gasteiger partial charge in [-0.2, -0.15) is 0 Å². The van der Waals surface area contributed by atoms with Gasteiger partial charge in [-0.05, 0) is 53.9 Å². The largest absolute Gasteiger partial charge is 0.495 e. The minimum Gasteiger partial charge on any atom is -0.495 e. The normalized spacial score (nSPS) is 13.3. The maximum atomic E-state index is 12.8. The van der Waals surface area contributed by atoms with Crippen molar-refractivity contribution in [2.45, 2.75) is 20.0 Å². The summed E-state index contributed by atoms with van der Waals surface area (Å²) >= 11 is 18.2. The van der Waals surface area contributed by atoms with Crippen LogP contribution < -0.4 is 15.4 Å². The maximum Gasteiger partial charge on any atom is 0.278 e. The van der Waals surface area contributed by atoms with Crippen LogP contribution in [0.15, 0.2) is 71.4 Å². The predicted molar refractivity (Wildman–Crippen MR) is 144 cm³/mol. The van der Waals surface area contributed by atoms with Crippen LogP contribution in [0.2, 0.25) is 10.0 Å². The van der Waals surface area contributed by atoms with Crippen LogP contribution in [0.3, 0.4) is 0 Å². The van der Waals surface area contributed by atoms with Crippen LogP contribution in [0.5, 0.6) is 5.75 Å². The number of carbonyl (C=O) groups is 3. The average Bonchev–Trinajstić information content (AvgIpc) is 3.09. The van der Waals surface area contributed by atoms with E-state index in [1.807, 2.05) is 6.92 Å². The highest BCUT2D eigenvalue weighted by molar-refractivity contribution is 6.47. The van der Waals surface area contributed by atoms with E-state index in [-0.39, 0.29) is 29.7 Å². The quantitative estimate of drug-likeness (QED) is 0.348. The minimum absolute atomic E-state index is 0.0349. The Morgan fingerprint density at radius 1 is 0.919 bits per heavy atom. The zero-order chi connectivity index (χ0) is 26.7. The second-order valence-corrected chi connectivity index (χ2v) is 9.54. The van der Waals surface area contributed by atoms with Gasteiger partial charge in [0.1, 0.15) is 16.5 Å². The summed E-state index contributed by atoms with van der Waals surface area (Å²) in [4.78, 5) is 39.2. The smallest absolute Gasteiger partial charge is 0.278 e. The van der Waals surface area contributed by atoms with Crippen molar-refractivity contribution in [1.29, 1.82) is 0 Å². The first-order valence-corrected chi connectivity index (χ1v) is 12.3. The Morgan fingerprint density at radius 3 is 2.22 bits per heavy atom. The summed E-state index contributed by atoms with van der Waals surface area (Å²) in [5, 5.41) is 6.72. The fraction of sp³-hybridized carbons (Fsp3) is 0.148. The number of nitrogens with zero attached hydrogens (tertiary/aromatic N) is 1. The molecule has 10 heteroatoms. The van der Waals surface area contributed by atoms with E-state index in [0.717, 1.165) is 21.6 Å². The topological polar surface area (TPSA) is 87.7 Å². The molecule has 0 fully saturated rings. The second kappa shape index (κ2) is 11.3. The number of benzene rings is 3. The summed E-state index contributed by atoms with van der Waals surface area (Å²) in [6.07, 6.45) is 0. The van der Waals surface area contributed by atoms with E-state index in [0.29, 0.717) is 27.0 Å². The van der Waals surface area contributed by atoms with E-state index >= 15 is 0 Å². The Morgan fingerprint density at radius 2 is 1.57 bits per heavy atom. The molecule has 37 heavy (non-hydrogen) atoms. The third-order valence-corrected chi connectivity index (χ3v) is 6.79. The number of aryl methyl sites for hydroxylation is 1. The molecule has 4 rings (SSSR count). The van der Waals surface area contributed by atoms with Gasteiger partial charge in [-0.15, -0.1) is 0 Å². The molecule has 0 atom stereocenters. The first-order chi connectivity index (χ1) is 17.7. The molecule has 0 unspecified atom stereocenters. The predicted octanol–water partition coefficient (Wildman–Crippen LogP) is 5.67. The number of ether oxygens (including phenoxy) is 1. The molecule has 1 aliphatic heterocycles. The van der Waals surface area contributed by atoms with Gasteiger partial charge in [-0.25, -0.2) is 0 Å². The molecule has 0 bridgehead atoms. The van der Waals surface area contributed by atoms with Crippen LogP contribution in [-0.4, -0.2) is 29.7 Å². The third kappa shape index (κ3) is 5.91. The molecular formula is C27H22Cl3N3O4. The maximum absolute atomic E-state index is 12.8. The van der Waals surface area contributed by atoms with Crippen molar-refractivity contribution in [3.05, 3.63) is 104 Å². The molecule has 0 aliphatic carbocycles. The number of carbonyl (C=O) groups excluding carboxylic acids is 3. The zero-order valence-corrected chi connectivity index (χ0v) is 22.2. The van der Waals surface area contributed by atoms with Crippen molar-refractivity contribution in [1.82, 2.24) is 10.2 Å². The van der Waals surface area contributed by atoms with Crippen molar-refractivity contribution < 1.29 is 19.1 Å². The van der Waals surface area contributed by atoms with Crippen LogP contribution in [0.4, 0.5) is 5.69 Å². The standard InChI is InChI=1S/C27H22Cl3N3O4/c1-15-11-21(22(37-2)12-20(15)29)32-25(34)18-7-3-16(4-8-18)13-31-24-23(30)26(35)33(27(24)36)14-17-5-9-19(28)10-6-17/h3-12,31H,13-14H2,1-2H3,(H,32,34). The lowest BCUT2D eigenvalue weighted by atomic mass is 10.1. The SMILES string of the molecule is COc1cc(Cl)c(C)cc1NC(=O)c1ccc(CNC2=C(Cl)C(=O)N(Cc3ccc(Cl)cc3)C2=O)cc1. The number of hydrogen-bond acceptors (Lipinski definition) is 5. The average molecular weight is 559 g/mol. The van der Waals surface area contributed by atoms with E-state index < -0.39 is 11.8 Å². The first-order valence-electron chi connectivity index (χ1n) is 11.2. The summed E-state index contributed by atoms with van der Waals surface area (Å²) in [6, 6.07) is 17.0. The number of imide groups is 1. The van der Waals surface area contributed by atoms with Crippen LogP contribution in [0.1, 0.15) is 27.0 Å². The van der Waals surface area contributed by atoms with Gasteiger partial charge in [0.2, 0.25) is 0 Å². The number of methoxy groups -OCH3 is 1. The van der Waals surface area contributed by atoms with Gasteiger partial charge < -0.3 is 15.4 Å². The van der Waals surface area contributed by atoms with Gasteiger partial charge in [0.15, 0.2) is 0 Å². The van der Waals surface area contributed by atoms with Gasteiger partial charge in [-0.3, -0.25) is 19.3 Å². The Kier molecular flexibility index (Phi) is 8.07. The second-order valence-electron chi connectivity index (χ2n) is 8.32. The summed E-state index contributed by atoms with van der Waals surface area (Å²) < 4.78 is 5.31. The van der Waals surface area contributed by atoms with E-state index in [9.17, 15) is 14.4 Å². The number of amides is 3. The van der Waals surface area contributed by atoms with Crippen molar-refractivity contribution in [2.24, 2.45) is 0 Å². The molecular weight excluding hydrogens is 537 g/mol. The molecule has 3 aromatic rings. The Hall–Kier alpha value is -3.52. The number of anilines is 1. The van der Waals surface area contributed by atoms with E-state index in [1.165, 1.54) is 7.11 Å². The molecule has 7 nitrogen and oxygen atoms in total. The fourth-order valence-corrected chi connectivity index (χ4v) is 4.23. The lowest BCUT2D eigenvalue weighted by Gasteiger charge is -2.15. The van der Waals surface area contributed by atoms with Crippen molar-refractivity contribution in [3.63, 3.8) is 0 Å². The number of nitrogens with one attached hydrogen (secondary N) is 2. The number of rotatable bonds is 8. The lowest BCUT2D eigenvalue weighted by molar-refractivity contribution is -0.138. The summed E-state index contributed by atoms with van der Waals surface area (Å²) in [7, 11) is 1.50. The fourth-order valence-electron chi connectivity index (χ4n) is 3.70. The van der Waals surface area contributed by atoms with Crippen LogP contribution in [0.25, 0.3) is 0 Å². The molecule has 1 heterocycles. The highest BCUT2D eigenvalue weighted by Crippen LogP contribution is 2.31. The molecule has 0 aromatic heterocycles. The van der Waals surface area contributed by atoms with Crippen molar-refractivity contribution >= 4 is 58.2 Å². The molecule has 2 N–H and O–H groups in total. The molecule has 1 aliphatic rings. The summed E-state index contributed by atoms with van der Waals surface area (Å²) in [5.41, 5.74) is 3.31. The minimum atomic E-state index is -0.566. The van der Waals surface area contributed by atoms with Gasteiger partial charge in [0.05, 0.1) is 19.3 Å². The first kappa shape index (κ1) is 26.5. The number of hydrogen-bond donors (Lipinski definition) is 2. The zero-order valence-electron chi connectivity index (χ0n) is 19.9. The van der Waals surface area contributed by atoms with Crippen LogP contribution in [0, 0.1) is 6.92 Å². The Balaban J connectivity index is 1.39. The Labute approximate surface area is 229 Å². The van der Waals surface area contributed by atoms with Gasteiger partial charge >= 0.3 is 0 Å². The highest BCUT2D eigenvalue weighted by atomic mass is 35.5.